The smallest absolute Gasteiger partial charge is 0.253 e. The Morgan fingerprint density at radius 3 is 2.50 bits per heavy atom. The van der Waals surface area contributed by atoms with Gasteiger partial charge in [-0.2, -0.15) is 0 Å². The molecule has 2 aromatic rings. The van der Waals surface area contributed by atoms with Crippen LogP contribution in [-0.2, 0) is 10.5 Å². The molecule has 0 bridgehead atoms. The monoisotopic (exact) mass is 370 g/mol. The zero-order chi connectivity index (χ0) is 18.9. The van der Waals surface area contributed by atoms with Crippen LogP contribution in [0.15, 0.2) is 48.5 Å². The summed E-state index contributed by atoms with van der Waals surface area (Å²) in [4.78, 5) is 24.7. The molecule has 5 heteroatoms. The van der Waals surface area contributed by atoms with Gasteiger partial charge in [0.25, 0.3) is 5.91 Å². The topological polar surface area (TPSA) is 58.2 Å². The summed E-state index contributed by atoms with van der Waals surface area (Å²) in [5.41, 5.74) is 3.51. The second-order valence-corrected chi connectivity index (χ2v) is 7.28. The number of carbonyl (C=O) groups is 2. The lowest BCUT2D eigenvalue weighted by atomic mass is 10.1. The van der Waals surface area contributed by atoms with Crippen molar-refractivity contribution in [2.45, 2.75) is 39.0 Å². The van der Waals surface area contributed by atoms with Crippen molar-refractivity contribution in [1.82, 2.24) is 5.32 Å². The normalized spacial score (nSPS) is 11.7. The average molecular weight is 371 g/mol. The average Bonchev–Trinajstić information content (AvgIpc) is 2.63. The molecule has 4 nitrogen and oxygen atoms in total. The number of amides is 2. The number of aryl methyl sites for hydroxylation is 1. The number of anilines is 1. The van der Waals surface area contributed by atoms with E-state index < -0.39 is 0 Å². The van der Waals surface area contributed by atoms with Crippen molar-refractivity contribution in [2.24, 2.45) is 0 Å². The number of nitrogens with one attached hydrogen (secondary N) is 2. The van der Waals surface area contributed by atoms with Gasteiger partial charge in [0.2, 0.25) is 5.91 Å². The van der Waals surface area contributed by atoms with E-state index in [4.69, 9.17) is 0 Å². The molecule has 0 saturated heterocycles. The highest BCUT2D eigenvalue weighted by molar-refractivity contribution is 7.99. The van der Waals surface area contributed by atoms with Crippen LogP contribution in [0.25, 0.3) is 0 Å². The van der Waals surface area contributed by atoms with Crippen LogP contribution in [0, 0.1) is 6.92 Å². The molecule has 0 aliphatic carbocycles. The summed E-state index contributed by atoms with van der Waals surface area (Å²) in [6.45, 7) is 6.05. The predicted molar refractivity (Wildman–Crippen MR) is 110 cm³/mol. The van der Waals surface area contributed by atoms with Crippen LogP contribution >= 0.6 is 11.8 Å². The lowest BCUT2D eigenvalue weighted by Gasteiger charge is -2.14. The highest BCUT2D eigenvalue weighted by Gasteiger charge is 2.14. The first-order chi connectivity index (χ1) is 12.5. The molecule has 0 spiro atoms. The number of thioether (sulfide) groups is 1. The van der Waals surface area contributed by atoms with E-state index >= 15 is 0 Å². The molecule has 138 valence electrons. The SMILES string of the molecule is CC[C@H](C)NC(=O)c1ccccc1NC(=O)CSCc1ccccc1C. The first-order valence-corrected chi connectivity index (χ1v) is 9.98. The Morgan fingerprint density at radius 1 is 1.08 bits per heavy atom. The van der Waals surface area contributed by atoms with Gasteiger partial charge in [-0.15, -0.1) is 11.8 Å². The summed E-state index contributed by atoms with van der Waals surface area (Å²) in [7, 11) is 0. The number of benzene rings is 2. The number of hydrogen-bond acceptors (Lipinski definition) is 3. The first-order valence-electron chi connectivity index (χ1n) is 8.83. The van der Waals surface area contributed by atoms with Crippen molar-refractivity contribution in [3.05, 3.63) is 65.2 Å². The molecule has 2 amide bonds. The summed E-state index contributed by atoms with van der Waals surface area (Å²) in [6, 6.07) is 15.4. The summed E-state index contributed by atoms with van der Waals surface area (Å²) in [5, 5.41) is 5.80. The summed E-state index contributed by atoms with van der Waals surface area (Å²) in [6.07, 6.45) is 0.857. The van der Waals surface area contributed by atoms with Gasteiger partial charge in [-0.1, -0.05) is 43.3 Å². The van der Waals surface area contributed by atoms with Gasteiger partial charge in [0.1, 0.15) is 0 Å². The van der Waals surface area contributed by atoms with Crippen molar-refractivity contribution in [2.75, 3.05) is 11.1 Å². The minimum atomic E-state index is -0.164. The van der Waals surface area contributed by atoms with Crippen LogP contribution in [-0.4, -0.2) is 23.6 Å². The molecule has 2 N–H and O–H groups in total. The van der Waals surface area contributed by atoms with Gasteiger partial charge in [0.15, 0.2) is 0 Å². The van der Waals surface area contributed by atoms with Crippen LogP contribution in [0.3, 0.4) is 0 Å². The van der Waals surface area contributed by atoms with Crippen LogP contribution in [0.2, 0.25) is 0 Å². The molecule has 0 fully saturated rings. The van der Waals surface area contributed by atoms with Crippen molar-refractivity contribution >= 4 is 29.3 Å². The Bertz CT molecular complexity index is 761. The van der Waals surface area contributed by atoms with E-state index in [9.17, 15) is 9.59 Å². The minimum Gasteiger partial charge on any atom is -0.350 e. The van der Waals surface area contributed by atoms with Crippen LogP contribution in [0.5, 0.6) is 0 Å². The van der Waals surface area contributed by atoms with Gasteiger partial charge >= 0.3 is 0 Å². The molecular formula is C21H26N2O2S. The Balaban J connectivity index is 1.92. The molecule has 0 aliphatic heterocycles. The third kappa shape index (κ3) is 5.92. The standard InChI is InChI=1S/C21H26N2O2S/c1-4-16(3)22-21(25)18-11-7-8-12-19(18)23-20(24)14-26-13-17-10-6-5-9-15(17)2/h5-12,16H,4,13-14H2,1-3H3,(H,22,25)(H,23,24)/t16-/m0/s1. The maximum absolute atomic E-state index is 12.4. The summed E-state index contributed by atoms with van der Waals surface area (Å²) >= 11 is 1.56. The molecular weight excluding hydrogens is 344 g/mol. The zero-order valence-electron chi connectivity index (χ0n) is 15.5. The molecule has 2 rings (SSSR count). The summed E-state index contributed by atoms with van der Waals surface area (Å²) < 4.78 is 0. The van der Waals surface area contributed by atoms with E-state index in [1.807, 2.05) is 32.0 Å². The van der Waals surface area contributed by atoms with E-state index in [2.05, 4.69) is 29.7 Å². The van der Waals surface area contributed by atoms with Crippen molar-refractivity contribution in [1.29, 1.82) is 0 Å². The van der Waals surface area contributed by atoms with Gasteiger partial charge in [0, 0.05) is 11.8 Å². The predicted octanol–water partition coefficient (Wildman–Crippen LogP) is 4.40. The maximum Gasteiger partial charge on any atom is 0.253 e. The number of hydrogen-bond donors (Lipinski definition) is 2. The van der Waals surface area contributed by atoms with Gasteiger partial charge in [0.05, 0.1) is 17.0 Å². The lowest BCUT2D eigenvalue weighted by molar-refractivity contribution is -0.113. The Kier molecular flexibility index (Phi) is 7.73. The van der Waals surface area contributed by atoms with Crippen molar-refractivity contribution in [3.8, 4) is 0 Å². The number of para-hydroxylation sites is 1. The first kappa shape index (κ1) is 20.0. The molecule has 26 heavy (non-hydrogen) atoms. The van der Waals surface area contributed by atoms with Crippen molar-refractivity contribution < 1.29 is 9.59 Å². The van der Waals surface area contributed by atoms with Gasteiger partial charge in [-0.3, -0.25) is 9.59 Å². The largest absolute Gasteiger partial charge is 0.350 e. The van der Waals surface area contributed by atoms with E-state index in [1.165, 1.54) is 11.1 Å². The molecule has 0 radical (unpaired) electrons. The van der Waals surface area contributed by atoms with Crippen molar-refractivity contribution in [3.63, 3.8) is 0 Å². The van der Waals surface area contributed by atoms with Crippen LogP contribution in [0.4, 0.5) is 5.69 Å². The molecule has 0 heterocycles. The third-order valence-corrected chi connectivity index (χ3v) is 5.17. The summed E-state index contributed by atoms with van der Waals surface area (Å²) in [5.74, 6) is 0.862. The van der Waals surface area contributed by atoms with Gasteiger partial charge < -0.3 is 10.6 Å². The Morgan fingerprint density at radius 2 is 1.77 bits per heavy atom. The molecule has 1 atom stereocenters. The minimum absolute atomic E-state index is 0.0934. The molecule has 0 saturated carbocycles. The molecule has 0 unspecified atom stereocenters. The van der Waals surface area contributed by atoms with Gasteiger partial charge in [-0.05, 0) is 43.5 Å². The highest BCUT2D eigenvalue weighted by Crippen LogP contribution is 2.18. The fourth-order valence-electron chi connectivity index (χ4n) is 2.41. The fraction of sp³-hybridized carbons (Fsp3) is 0.333. The van der Waals surface area contributed by atoms with Gasteiger partial charge in [-0.25, -0.2) is 0 Å². The highest BCUT2D eigenvalue weighted by atomic mass is 32.2. The quantitative estimate of drug-likeness (QED) is 0.724. The fourth-order valence-corrected chi connectivity index (χ4v) is 3.31. The number of rotatable bonds is 8. The molecule has 2 aromatic carbocycles. The maximum atomic E-state index is 12.4. The lowest BCUT2D eigenvalue weighted by Crippen LogP contribution is -2.32. The Labute approximate surface area is 159 Å². The van der Waals surface area contributed by atoms with E-state index in [1.54, 1.807) is 30.0 Å². The second-order valence-electron chi connectivity index (χ2n) is 6.30. The zero-order valence-corrected chi connectivity index (χ0v) is 16.4. The van der Waals surface area contributed by atoms with Crippen LogP contribution in [0.1, 0.15) is 41.8 Å². The van der Waals surface area contributed by atoms with E-state index in [0.717, 1.165) is 12.2 Å². The second kappa shape index (κ2) is 10.0. The molecule has 0 aliphatic rings. The Hall–Kier alpha value is -2.27. The molecule has 0 aromatic heterocycles. The third-order valence-electron chi connectivity index (χ3n) is 4.19. The van der Waals surface area contributed by atoms with E-state index in [-0.39, 0.29) is 17.9 Å². The van der Waals surface area contributed by atoms with Crippen LogP contribution < -0.4 is 10.6 Å². The number of carbonyl (C=O) groups excluding carboxylic acids is 2. The van der Waals surface area contributed by atoms with E-state index in [0.29, 0.717) is 17.0 Å².